The van der Waals surface area contributed by atoms with Crippen molar-refractivity contribution < 1.29 is 18.8 Å². The largest absolute Gasteiger partial charge is 0.475 e. The van der Waals surface area contributed by atoms with Crippen LogP contribution in [0.15, 0.2) is 21.5 Å². The summed E-state index contributed by atoms with van der Waals surface area (Å²) in [6, 6.07) is 1.18. The first-order chi connectivity index (χ1) is 14.0. The van der Waals surface area contributed by atoms with Gasteiger partial charge >= 0.3 is 6.03 Å². The lowest BCUT2D eigenvalue weighted by atomic mass is 9.99. The maximum absolute atomic E-state index is 13.0. The van der Waals surface area contributed by atoms with Crippen molar-refractivity contribution in [1.82, 2.24) is 9.78 Å². The molecular weight excluding hydrogens is 394 g/mol. The number of nitrogens with one attached hydrogen (secondary N) is 1. The van der Waals surface area contributed by atoms with Crippen LogP contribution in [0, 0.1) is 0 Å². The van der Waals surface area contributed by atoms with Gasteiger partial charge in [0.15, 0.2) is 9.92 Å². The SMILES string of the molecule is N[S@](=O)(=NC(=O)Nc1c2c(cc3c1CCC3)CCC2)c1cnn2c1OC[C@H]2CO. The zero-order valence-electron chi connectivity index (χ0n) is 15.9. The molecule has 3 aliphatic rings. The maximum Gasteiger partial charge on any atom is 0.354 e. The van der Waals surface area contributed by atoms with Crippen LogP contribution < -0.4 is 15.2 Å². The average molecular weight is 417 g/mol. The van der Waals surface area contributed by atoms with Crippen LogP contribution in [0.3, 0.4) is 0 Å². The van der Waals surface area contributed by atoms with Crippen LogP contribution in [0.25, 0.3) is 0 Å². The lowest BCUT2D eigenvalue weighted by Crippen LogP contribution is -2.19. The molecule has 0 saturated heterocycles. The molecule has 2 atom stereocenters. The topological polar surface area (TPSA) is 132 Å². The fourth-order valence-corrected chi connectivity index (χ4v) is 5.57. The normalized spacial score (nSPS) is 21.1. The van der Waals surface area contributed by atoms with Gasteiger partial charge in [-0.3, -0.25) is 0 Å². The minimum atomic E-state index is -3.55. The van der Waals surface area contributed by atoms with Gasteiger partial charge in [0, 0.05) is 5.69 Å². The molecule has 0 bridgehead atoms. The molecule has 2 heterocycles. The van der Waals surface area contributed by atoms with Crippen LogP contribution in [0.5, 0.6) is 5.88 Å². The van der Waals surface area contributed by atoms with Gasteiger partial charge in [-0.15, -0.1) is 4.36 Å². The highest BCUT2D eigenvalue weighted by atomic mass is 32.2. The molecule has 1 aromatic carbocycles. The number of aliphatic hydroxyl groups is 1. The van der Waals surface area contributed by atoms with Crippen molar-refractivity contribution in [1.29, 1.82) is 0 Å². The first-order valence-corrected chi connectivity index (χ1v) is 11.4. The summed E-state index contributed by atoms with van der Waals surface area (Å²) in [4.78, 5) is 12.8. The van der Waals surface area contributed by atoms with Gasteiger partial charge in [-0.1, -0.05) is 6.07 Å². The number of nitrogens with zero attached hydrogens (tertiary/aromatic N) is 3. The number of carbonyl (C=O) groups excluding carboxylic acids is 1. The molecule has 29 heavy (non-hydrogen) atoms. The van der Waals surface area contributed by atoms with Crippen LogP contribution in [-0.4, -0.2) is 38.3 Å². The minimum absolute atomic E-state index is 0.0621. The number of rotatable bonds is 3. The Hall–Kier alpha value is -2.43. The predicted octanol–water partition coefficient (Wildman–Crippen LogP) is 1.72. The number of fused-ring (bicyclic) bond motifs is 3. The Labute approximate surface area is 168 Å². The molecule has 154 valence electrons. The van der Waals surface area contributed by atoms with E-state index in [0.717, 1.165) is 44.2 Å². The van der Waals surface area contributed by atoms with Crippen LogP contribution in [-0.2, 0) is 35.6 Å². The highest BCUT2D eigenvalue weighted by Crippen LogP contribution is 2.39. The van der Waals surface area contributed by atoms with Crippen LogP contribution in [0.2, 0.25) is 0 Å². The summed E-state index contributed by atoms with van der Waals surface area (Å²) < 4.78 is 23.7. The Kier molecular flexibility index (Phi) is 4.37. The standard InChI is InChI=1S/C19H23N5O4S/c20-29(27,16-8-21-24-13(9-25)10-28-18(16)24)23-19(26)22-17-14-5-1-3-11(14)7-12-4-2-6-15(12)17/h7-8,13,25H,1-6,9-10H2,(H3,20,22,23,26,27)/t13-,29+/m1/s1. The van der Waals surface area contributed by atoms with Gasteiger partial charge in [0.25, 0.3) is 0 Å². The third kappa shape index (κ3) is 3.02. The zero-order valence-corrected chi connectivity index (χ0v) is 16.7. The smallest absolute Gasteiger partial charge is 0.354 e. The molecule has 1 aliphatic heterocycles. The van der Waals surface area contributed by atoms with Crippen LogP contribution in [0.4, 0.5) is 10.5 Å². The van der Waals surface area contributed by atoms with E-state index >= 15 is 0 Å². The molecule has 0 saturated carbocycles. The van der Waals surface area contributed by atoms with Crippen molar-refractivity contribution in [2.75, 3.05) is 18.5 Å². The van der Waals surface area contributed by atoms with E-state index in [0.29, 0.717) is 0 Å². The number of anilines is 1. The third-order valence-electron chi connectivity index (χ3n) is 5.93. The number of carbonyl (C=O) groups is 1. The molecule has 0 unspecified atom stereocenters. The number of amides is 2. The Balaban J connectivity index is 1.47. The number of aliphatic hydroxyl groups excluding tert-OH is 1. The fraction of sp³-hybridized carbons (Fsp3) is 0.474. The third-order valence-corrected chi connectivity index (χ3v) is 7.27. The molecule has 10 heteroatoms. The molecular formula is C19H23N5O4S. The number of aryl methyl sites for hydroxylation is 2. The van der Waals surface area contributed by atoms with Crippen molar-refractivity contribution >= 4 is 21.6 Å². The summed E-state index contributed by atoms with van der Waals surface area (Å²) in [7, 11) is -3.55. The Morgan fingerprint density at radius 2 is 2.00 bits per heavy atom. The van der Waals surface area contributed by atoms with E-state index in [-0.39, 0.29) is 30.0 Å². The van der Waals surface area contributed by atoms with E-state index < -0.39 is 15.9 Å². The highest BCUT2D eigenvalue weighted by molar-refractivity contribution is 7.91. The summed E-state index contributed by atoms with van der Waals surface area (Å²) in [5.74, 6) is 0.189. The summed E-state index contributed by atoms with van der Waals surface area (Å²) in [5.41, 5.74) is 5.73. The number of hydrogen-bond donors (Lipinski definition) is 3. The molecule has 2 aliphatic carbocycles. The van der Waals surface area contributed by atoms with Gasteiger partial charge in [-0.05, 0) is 60.8 Å². The molecule has 5 rings (SSSR count). The van der Waals surface area contributed by atoms with E-state index in [1.165, 1.54) is 33.1 Å². The second-order valence-corrected chi connectivity index (χ2v) is 9.49. The van der Waals surface area contributed by atoms with Gasteiger partial charge in [0.2, 0.25) is 5.88 Å². The van der Waals surface area contributed by atoms with Crippen molar-refractivity contribution in [3.8, 4) is 5.88 Å². The summed E-state index contributed by atoms with van der Waals surface area (Å²) in [6.45, 7) is 0.0401. The molecule has 0 fully saturated rings. The molecule has 1 aromatic heterocycles. The Morgan fingerprint density at radius 3 is 2.66 bits per heavy atom. The van der Waals surface area contributed by atoms with E-state index in [1.54, 1.807) is 0 Å². The highest BCUT2D eigenvalue weighted by Gasteiger charge is 2.31. The van der Waals surface area contributed by atoms with E-state index in [9.17, 15) is 14.1 Å². The van der Waals surface area contributed by atoms with Crippen molar-refractivity contribution in [3.63, 3.8) is 0 Å². The van der Waals surface area contributed by atoms with Gasteiger partial charge in [0.1, 0.15) is 17.5 Å². The van der Waals surface area contributed by atoms with Crippen molar-refractivity contribution in [3.05, 3.63) is 34.5 Å². The molecule has 4 N–H and O–H groups in total. The molecule has 2 amide bonds. The monoisotopic (exact) mass is 417 g/mol. The van der Waals surface area contributed by atoms with Gasteiger partial charge < -0.3 is 15.2 Å². The Bertz CT molecular complexity index is 1100. The summed E-state index contributed by atoms with van der Waals surface area (Å²) in [5, 5.41) is 22.2. The maximum atomic E-state index is 13.0. The van der Waals surface area contributed by atoms with Crippen LogP contribution >= 0.6 is 0 Å². The van der Waals surface area contributed by atoms with Crippen molar-refractivity contribution in [2.45, 2.75) is 49.5 Å². The quantitative estimate of drug-likeness (QED) is 0.700. The summed E-state index contributed by atoms with van der Waals surface area (Å²) in [6.07, 6.45) is 7.29. The zero-order chi connectivity index (χ0) is 20.2. The second kappa shape index (κ2) is 6.82. The second-order valence-electron chi connectivity index (χ2n) is 7.73. The first-order valence-electron chi connectivity index (χ1n) is 9.81. The molecule has 0 radical (unpaired) electrons. The minimum Gasteiger partial charge on any atom is -0.475 e. The lowest BCUT2D eigenvalue weighted by Gasteiger charge is -2.15. The first kappa shape index (κ1) is 18.6. The van der Waals surface area contributed by atoms with Gasteiger partial charge in [-0.25, -0.2) is 18.8 Å². The molecule has 9 nitrogen and oxygen atoms in total. The van der Waals surface area contributed by atoms with Crippen molar-refractivity contribution in [2.24, 2.45) is 9.50 Å². The summed E-state index contributed by atoms with van der Waals surface area (Å²) >= 11 is 0. The van der Waals surface area contributed by atoms with Gasteiger partial charge in [0.05, 0.1) is 12.8 Å². The fourth-order valence-electron chi connectivity index (χ4n) is 4.58. The lowest BCUT2D eigenvalue weighted by molar-refractivity contribution is 0.206. The van der Waals surface area contributed by atoms with Gasteiger partial charge in [-0.2, -0.15) is 5.10 Å². The number of nitrogens with two attached hydrogens (primary N) is 1. The van der Waals surface area contributed by atoms with E-state index in [2.05, 4.69) is 20.8 Å². The Morgan fingerprint density at radius 1 is 1.31 bits per heavy atom. The average Bonchev–Trinajstić information content (AvgIpc) is 3.43. The molecule has 2 aromatic rings. The van der Waals surface area contributed by atoms with Crippen LogP contribution in [0.1, 0.15) is 41.1 Å². The number of benzene rings is 1. The molecule has 0 spiro atoms. The number of aromatic nitrogens is 2. The predicted molar refractivity (Wildman–Crippen MR) is 106 cm³/mol. The number of urea groups is 1. The van der Waals surface area contributed by atoms with E-state index in [1.807, 2.05) is 0 Å². The number of ether oxygens (including phenoxy) is 1. The van der Waals surface area contributed by atoms with E-state index in [4.69, 9.17) is 9.88 Å². The number of hydrogen-bond acceptors (Lipinski definition) is 5.